The molecule has 1 aliphatic rings. The van der Waals surface area contributed by atoms with Crippen LogP contribution in [0.25, 0.3) is 0 Å². The topological polar surface area (TPSA) is 38.3 Å². The van der Waals surface area contributed by atoms with E-state index in [0.29, 0.717) is 6.61 Å². The Bertz CT molecular complexity index is 399. The summed E-state index contributed by atoms with van der Waals surface area (Å²) in [7, 11) is 0. The van der Waals surface area contributed by atoms with Crippen molar-refractivity contribution in [1.82, 2.24) is 5.32 Å². The van der Waals surface area contributed by atoms with Gasteiger partial charge in [0.05, 0.1) is 12.6 Å². The van der Waals surface area contributed by atoms with Crippen LogP contribution >= 0.6 is 0 Å². The Hall–Kier alpha value is -1.51. The predicted molar refractivity (Wildman–Crippen MR) is 66.9 cm³/mol. The Kier molecular flexibility index (Phi) is 3.67. The Morgan fingerprint density at radius 1 is 1.53 bits per heavy atom. The van der Waals surface area contributed by atoms with E-state index in [1.165, 1.54) is 0 Å². The maximum Gasteiger partial charge on any atom is 0.223 e. The molecule has 1 fully saturated rings. The van der Waals surface area contributed by atoms with Gasteiger partial charge in [-0.15, -0.1) is 0 Å². The molecule has 1 saturated carbocycles. The molecule has 17 heavy (non-hydrogen) atoms. The molecule has 0 radical (unpaired) electrons. The van der Waals surface area contributed by atoms with Gasteiger partial charge < -0.3 is 10.1 Å². The van der Waals surface area contributed by atoms with E-state index in [2.05, 4.69) is 5.32 Å². The first-order chi connectivity index (χ1) is 8.20. The number of carbonyl (C=O) groups is 1. The first-order valence-electron chi connectivity index (χ1n) is 6.24. The second-order valence-electron chi connectivity index (χ2n) is 4.51. The lowest BCUT2D eigenvalue weighted by atomic mass is 10.1. The van der Waals surface area contributed by atoms with Crippen molar-refractivity contribution in [3.8, 4) is 5.75 Å². The molecule has 1 N–H and O–H groups in total. The first kappa shape index (κ1) is 12.0. The van der Waals surface area contributed by atoms with Crippen LogP contribution in [-0.2, 0) is 4.79 Å². The molecule has 0 bridgehead atoms. The summed E-state index contributed by atoms with van der Waals surface area (Å²) in [4.78, 5) is 11.7. The molecule has 1 aromatic rings. The van der Waals surface area contributed by atoms with Crippen molar-refractivity contribution in [3.05, 3.63) is 29.8 Å². The Morgan fingerprint density at radius 2 is 2.29 bits per heavy atom. The number of ether oxygens (including phenoxy) is 1. The van der Waals surface area contributed by atoms with Gasteiger partial charge in [0.2, 0.25) is 5.91 Å². The minimum absolute atomic E-state index is 0.0449. The van der Waals surface area contributed by atoms with Crippen molar-refractivity contribution in [1.29, 1.82) is 0 Å². The highest BCUT2D eigenvalue weighted by atomic mass is 16.5. The fourth-order valence-corrected chi connectivity index (χ4v) is 1.80. The zero-order chi connectivity index (χ0) is 12.3. The van der Waals surface area contributed by atoms with Gasteiger partial charge in [0.15, 0.2) is 0 Å². The summed E-state index contributed by atoms with van der Waals surface area (Å²) in [5.41, 5.74) is 1.09. The minimum Gasteiger partial charge on any atom is -0.494 e. The highest BCUT2D eigenvalue weighted by Gasteiger charge is 2.30. The van der Waals surface area contributed by atoms with Crippen molar-refractivity contribution < 1.29 is 9.53 Å². The molecule has 1 aromatic carbocycles. The van der Waals surface area contributed by atoms with E-state index in [-0.39, 0.29) is 17.9 Å². The van der Waals surface area contributed by atoms with Gasteiger partial charge in [0.25, 0.3) is 0 Å². The van der Waals surface area contributed by atoms with Crippen LogP contribution in [0.5, 0.6) is 5.75 Å². The third-order valence-corrected chi connectivity index (χ3v) is 2.98. The van der Waals surface area contributed by atoms with Crippen molar-refractivity contribution in [2.75, 3.05) is 6.61 Å². The summed E-state index contributed by atoms with van der Waals surface area (Å²) >= 11 is 0. The molecular weight excluding hydrogens is 214 g/mol. The standard InChI is InChI=1S/C14H19NO2/c1-3-17-13-6-4-5-12(9-13)10(2)15-14(16)11-7-8-11/h4-6,9-11H,3,7-8H2,1-2H3,(H,15,16). The van der Waals surface area contributed by atoms with E-state index < -0.39 is 0 Å². The van der Waals surface area contributed by atoms with E-state index in [1.807, 2.05) is 38.1 Å². The molecular formula is C14H19NO2. The second kappa shape index (κ2) is 5.21. The lowest BCUT2D eigenvalue weighted by molar-refractivity contribution is -0.122. The van der Waals surface area contributed by atoms with Crippen LogP contribution in [-0.4, -0.2) is 12.5 Å². The quantitative estimate of drug-likeness (QED) is 0.849. The van der Waals surface area contributed by atoms with E-state index in [1.54, 1.807) is 0 Å². The number of nitrogens with one attached hydrogen (secondary N) is 1. The largest absolute Gasteiger partial charge is 0.494 e. The summed E-state index contributed by atoms with van der Waals surface area (Å²) in [6.07, 6.45) is 2.08. The number of hydrogen-bond acceptors (Lipinski definition) is 2. The zero-order valence-corrected chi connectivity index (χ0v) is 10.4. The summed E-state index contributed by atoms with van der Waals surface area (Å²) in [5.74, 6) is 1.30. The molecule has 1 amide bonds. The molecule has 2 rings (SSSR count). The SMILES string of the molecule is CCOc1cccc(C(C)NC(=O)C2CC2)c1. The van der Waals surface area contributed by atoms with Crippen molar-refractivity contribution >= 4 is 5.91 Å². The molecule has 0 spiro atoms. The van der Waals surface area contributed by atoms with E-state index in [9.17, 15) is 4.79 Å². The van der Waals surface area contributed by atoms with Crippen LogP contribution in [0.4, 0.5) is 0 Å². The van der Waals surface area contributed by atoms with E-state index in [0.717, 1.165) is 24.2 Å². The van der Waals surface area contributed by atoms with Crippen molar-refractivity contribution in [2.24, 2.45) is 5.92 Å². The highest BCUT2D eigenvalue weighted by molar-refractivity contribution is 5.81. The van der Waals surface area contributed by atoms with Crippen LogP contribution in [0.15, 0.2) is 24.3 Å². The Labute approximate surface area is 102 Å². The average Bonchev–Trinajstić information content (AvgIpc) is 3.13. The summed E-state index contributed by atoms with van der Waals surface area (Å²) in [6.45, 7) is 4.63. The predicted octanol–water partition coefficient (Wildman–Crippen LogP) is 2.67. The third kappa shape index (κ3) is 3.22. The van der Waals surface area contributed by atoms with E-state index >= 15 is 0 Å². The molecule has 0 heterocycles. The van der Waals surface area contributed by atoms with E-state index in [4.69, 9.17) is 4.74 Å². The molecule has 0 aliphatic heterocycles. The zero-order valence-electron chi connectivity index (χ0n) is 10.4. The molecule has 1 aliphatic carbocycles. The molecule has 0 saturated heterocycles. The smallest absolute Gasteiger partial charge is 0.223 e. The van der Waals surface area contributed by atoms with Crippen LogP contribution in [0.1, 0.15) is 38.3 Å². The summed E-state index contributed by atoms with van der Waals surface area (Å²) in [5, 5.41) is 3.03. The van der Waals surface area contributed by atoms with Gasteiger partial charge >= 0.3 is 0 Å². The molecule has 1 atom stereocenters. The van der Waals surface area contributed by atoms with Crippen molar-refractivity contribution in [2.45, 2.75) is 32.7 Å². The molecule has 1 unspecified atom stereocenters. The number of hydrogen-bond donors (Lipinski definition) is 1. The van der Waals surface area contributed by atoms with Crippen LogP contribution < -0.4 is 10.1 Å². The lowest BCUT2D eigenvalue weighted by Crippen LogP contribution is -2.27. The highest BCUT2D eigenvalue weighted by Crippen LogP contribution is 2.30. The lowest BCUT2D eigenvalue weighted by Gasteiger charge is -2.15. The van der Waals surface area contributed by atoms with Gasteiger partial charge in [-0.25, -0.2) is 0 Å². The molecule has 3 nitrogen and oxygen atoms in total. The average molecular weight is 233 g/mol. The molecule has 0 aromatic heterocycles. The fraction of sp³-hybridized carbons (Fsp3) is 0.500. The minimum atomic E-state index is 0.0449. The molecule has 3 heteroatoms. The van der Waals surface area contributed by atoms with Gasteiger partial charge in [0.1, 0.15) is 5.75 Å². The molecule has 92 valence electrons. The second-order valence-corrected chi connectivity index (χ2v) is 4.51. The summed E-state index contributed by atoms with van der Waals surface area (Å²) in [6, 6.07) is 7.94. The Balaban J connectivity index is 1.99. The third-order valence-electron chi connectivity index (χ3n) is 2.98. The number of carbonyl (C=O) groups excluding carboxylic acids is 1. The number of amides is 1. The van der Waals surface area contributed by atoms with Crippen molar-refractivity contribution in [3.63, 3.8) is 0 Å². The van der Waals surface area contributed by atoms with Gasteiger partial charge in [-0.3, -0.25) is 4.79 Å². The normalized spacial score (nSPS) is 16.4. The van der Waals surface area contributed by atoms with Gasteiger partial charge in [-0.1, -0.05) is 12.1 Å². The first-order valence-corrected chi connectivity index (χ1v) is 6.24. The maximum absolute atomic E-state index is 11.7. The van der Waals surface area contributed by atoms with Gasteiger partial charge in [-0.2, -0.15) is 0 Å². The van der Waals surface area contributed by atoms with Crippen LogP contribution in [0.3, 0.4) is 0 Å². The summed E-state index contributed by atoms with van der Waals surface area (Å²) < 4.78 is 5.45. The maximum atomic E-state index is 11.7. The monoisotopic (exact) mass is 233 g/mol. The Morgan fingerprint density at radius 3 is 2.94 bits per heavy atom. The number of benzene rings is 1. The van der Waals surface area contributed by atoms with Crippen LogP contribution in [0, 0.1) is 5.92 Å². The number of rotatable bonds is 5. The van der Waals surface area contributed by atoms with Crippen LogP contribution in [0.2, 0.25) is 0 Å². The fourth-order valence-electron chi connectivity index (χ4n) is 1.80. The van der Waals surface area contributed by atoms with Gasteiger partial charge in [0, 0.05) is 5.92 Å². The van der Waals surface area contributed by atoms with Gasteiger partial charge in [-0.05, 0) is 44.4 Å².